The fourth-order valence-corrected chi connectivity index (χ4v) is 4.05. The highest BCUT2D eigenvalue weighted by molar-refractivity contribution is 7.92. The minimum Gasteiger partial charge on any atom is -0.490 e. The number of carbonyl (C=O) groups is 1. The maximum absolute atomic E-state index is 12.6. The first-order valence-corrected chi connectivity index (χ1v) is 10.8. The number of amides is 1. The standard InChI is InChI=1S/C19H23ClN2O4S/c1-3-17(22(27(2,24)25)15-9-5-4-6-10-15)19(23)21-13-14-26-18-12-8-7-11-16(18)20/h4-12,17H,3,13-14H2,1-2H3,(H,21,23). The lowest BCUT2D eigenvalue weighted by Crippen LogP contribution is -2.49. The summed E-state index contributed by atoms with van der Waals surface area (Å²) in [6.07, 6.45) is 1.43. The van der Waals surface area contributed by atoms with Gasteiger partial charge in [0.2, 0.25) is 15.9 Å². The number of carbonyl (C=O) groups excluding carboxylic acids is 1. The van der Waals surface area contributed by atoms with E-state index in [0.29, 0.717) is 22.9 Å². The molecule has 2 aromatic carbocycles. The van der Waals surface area contributed by atoms with Crippen LogP contribution in [0.3, 0.4) is 0 Å². The highest BCUT2D eigenvalue weighted by Gasteiger charge is 2.31. The molecular weight excluding hydrogens is 388 g/mol. The number of nitrogens with zero attached hydrogens (tertiary/aromatic N) is 1. The molecule has 0 bridgehead atoms. The Balaban J connectivity index is 2.02. The molecule has 1 unspecified atom stereocenters. The van der Waals surface area contributed by atoms with Crippen molar-refractivity contribution in [2.45, 2.75) is 19.4 Å². The van der Waals surface area contributed by atoms with Gasteiger partial charge < -0.3 is 10.1 Å². The highest BCUT2D eigenvalue weighted by atomic mass is 35.5. The molecule has 0 aromatic heterocycles. The predicted molar refractivity (Wildman–Crippen MR) is 108 cm³/mol. The first-order chi connectivity index (χ1) is 12.8. The van der Waals surface area contributed by atoms with Gasteiger partial charge in [-0.1, -0.05) is 48.9 Å². The Morgan fingerprint density at radius 1 is 1.15 bits per heavy atom. The number of anilines is 1. The maximum Gasteiger partial charge on any atom is 0.244 e. The van der Waals surface area contributed by atoms with E-state index in [2.05, 4.69) is 5.32 Å². The molecule has 0 saturated heterocycles. The van der Waals surface area contributed by atoms with Crippen LogP contribution < -0.4 is 14.4 Å². The van der Waals surface area contributed by atoms with E-state index in [1.807, 2.05) is 0 Å². The van der Waals surface area contributed by atoms with Crippen LogP contribution in [0.4, 0.5) is 5.69 Å². The molecule has 6 nitrogen and oxygen atoms in total. The Morgan fingerprint density at radius 3 is 2.37 bits per heavy atom. The molecule has 0 saturated carbocycles. The average molecular weight is 411 g/mol. The lowest BCUT2D eigenvalue weighted by atomic mass is 10.2. The number of hydrogen-bond donors (Lipinski definition) is 1. The van der Waals surface area contributed by atoms with Crippen LogP contribution in [0.15, 0.2) is 54.6 Å². The SMILES string of the molecule is CCC(C(=O)NCCOc1ccccc1Cl)N(c1ccccc1)S(C)(=O)=O. The van der Waals surface area contributed by atoms with Gasteiger partial charge in [-0.25, -0.2) is 8.42 Å². The van der Waals surface area contributed by atoms with E-state index in [9.17, 15) is 13.2 Å². The van der Waals surface area contributed by atoms with Crippen LogP contribution in [0.25, 0.3) is 0 Å². The Bertz CT molecular complexity index is 859. The number of benzene rings is 2. The van der Waals surface area contributed by atoms with Crippen LogP contribution in [0, 0.1) is 0 Å². The Kier molecular flexibility index (Phi) is 7.50. The maximum atomic E-state index is 12.6. The molecule has 2 aromatic rings. The van der Waals surface area contributed by atoms with Crippen molar-refractivity contribution in [2.75, 3.05) is 23.7 Å². The Hall–Kier alpha value is -2.25. The van der Waals surface area contributed by atoms with Crippen LogP contribution in [-0.4, -0.2) is 39.8 Å². The van der Waals surface area contributed by atoms with E-state index in [1.165, 1.54) is 0 Å². The minimum atomic E-state index is -3.63. The average Bonchev–Trinajstić information content (AvgIpc) is 2.64. The molecule has 8 heteroatoms. The summed E-state index contributed by atoms with van der Waals surface area (Å²) >= 11 is 6.01. The largest absolute Gasteiger partial charge is 0.490 e. The zero-order chi connectivity index (χ0) is 19.9. The first kappa shape index (κ1) is 21.1. The van der Waals surface area contributed by atoms with Gasteiger partial charge in [0.1, 0.15) is 18.4 Å². The zero-order valence-corrected chi connectivity index (χ0v) is 16.8. The molecule has 1 atom stereocenters. The number of para-hydroxylation sites is 2. The van der Waals surface area contributed by atoms with Crippen molar-refractivity contribution in [3.05, 3.63) is 59.6 Å². The van der Waals surface area contributed by atoms with Crippen LogP contribution in [0.5, 0.6) is 5.75 Å². The molecule has 0 fully saturated rings. The summed E-state index contributed by atoms with van der Waals surface area (Å²) in [5.41, 5.74) is 0.453. The number of halogens is 1. The summed E-state index contributed by atoms with van der Waals surface area (Å²) in [6, 6.07) is 14.8. The molecule has 0 aliphatic carbocycles. The van der Waals surface area contributed by atoms with Gasteiger partial charge in [0.15, 0.2) is 0 Å². The summed E-state index contributed by atoms with van der Waals surface area (Å²) in [5.74, 6) is 0.150. The van der Waals surface area contributed by atoms with Crippen molar-refractivity contribution in [3.63, 3.8) is 0 Å². The van der Waals surface area contributed by atoms with E-state index in [4.69, 9.17) is 16.3 Å². The first-order valence-electron chi connectivity index (χ1n) is 8.54. The smallest absolute Gasteiger partial charge is 0.244 e. The summed E-state index contributed by atoms with van der Waals surface area (Å²) in [7, 11) is -3.63. The van der Waals surface area contributed by atoms with Gasteiger partial charge in [-0.2, -0.15) is 0 Å². The zero-order valence-electron chi connectivity index (χ0n) is 15.3. The fraction of sp³-hybridized carbons (Fsp3) is 0.316. The third-order valence-electron chi connectivity index (χ3n) is 3.84. The van der Waals surface area contributed by atoms with Gasteiger partial charge in [-0.15, -0.1) is 0 Å². The van der Waals surface area contributed by atoms with Crippen molar-refractivity contribution >= 4 is 33.2 Å². The van der Waals surface area contributed by atoms with Crippen LogP contribution in [-0.2, 0) is 14.8 Å². The molecule has 0 radical (unpaired) electrons. The molecule has 0 spiro atoms. The lowest BCUT2D eigenvalue weighted by Gasteiger charge is -2.30. The second-order valence-electron chi connectivity index (χ2n) is 5.89. The normalized spacial score (nSPS) is 12.3. The van der Waals surface area contributed by atoms with Crippen molar-refractivity contribution in [2.24, 2.45) is 0 Å². The topological polar surface area (TPSA) is 75.7 Å². The number of rotatable bonds is 9. The molecule has 2 rings (SSSR count). The third kappa shape index (κ3) is 5.87. The van der Waals surface area contributed by atoms with Crippen molar-refractivity contribution in [1.29, 1.82) is 0 Å². The van der Waals surface area contributed by atoms with Gasteiger partial charge in [-0.05, 0) is 30.7 Å². The predicted octanol–water partition coefficient (Wildman–Crippen LogP) is 3.08. The van der Waals surface area contributed by atoms with Crippen molar-refractivity contribution < 1.29 is 17.9 Å². The minimum absolute atomic E-state index is 0.218. The molecule has 0 heterocycles. The van der Waals surface area contributed by atoms with Crippen LogP contribution >= 0.6 is 11.6 Å². The number of ether oxygens (including phenoxy) is 1. The molecule has 1 N–H and O–H groups in total. The summed E-state index contributed by atoms with van der Waals surface area (Å²) in [5, 5.41) is 3.22. The Labute approximate surface area is 165 Å². The van der Waals surface area contributed by atoms with E-state index in [-0.39, 0.29) is 19.1 Å². The van der Waals surface area contributed by atoms with Gasteiger partial charge in [0, 0.05) is 0 Å². The molecule has 0 aliphatic heterocycles. The molecule has 27 heavy (non-hydrogen) atoms. The van der Waals surface area contributed by atoms with E-state index in [0.717, 1.165) is 10.6 Å². The second kappa shape index (κ2) is 9.62. The number of nitrogens with one attached hydrogen (secondary N) is 1. The van der Waals surface area contributed by atoms with Crippen LogP contribution in [0.2, 0.25) is 5.02 Å². The van der Waals surface area contributed by atoms with Crippen molar-refractivity contribution in [3.8, 4) is 5.75 Å². The molecular formula is C19H23ClN2O4S. The Morgan fingerprint density at radius 2 is 1.78 bits per heavy atom. The summed E-state index contributed by atoms with van der Waals surface area (Å²) in [6.45, 7) is 2.22. The second-order valence-corrected chi connectivity index (χ2v) is 8.15. The molecule has 0 aliphatic rings. The van der Waals surface area contributed by atoms with E-state index < -0.39 is 16.1 Å². The monoisotopic (exact) mass is 410 g/mol. The quantitative estimate of drug-likeness (QED) is 0.644. The highest BCUT2D eigenvalue weighted by Crippen LogP contribution is 2.23. The van der Waals surface area contributed by atoms with Gasteiger partial charge in [0.05, 0.1) is 23.5 Å². The van der Waals surface area contributed by atoms with Gasteiger partial charge in [-0.3, -0.25) is 9.10 Å². The van der Waals surface area contributed by atoms with E-state index in [1.54, 1.807) is 61.5 Å². The van der Waals surface area contributed by atoms with Crippen LogP contribution in [0.1, 0.15) is 13.3 Å². The molecule has 1 amide bonds. The number of hydrogen-bond acceptors (Lipinski definition) is 4. The molecule has 146 valence electrons. The van der Waals surface area contributed by atoms with E-state index >= 15 is 0 Å². The van der Waals surface area contributed by atoms with Gasteiger partial charge in [0.25, 0.3) is 0 Å². The lowest BCUT2D eigenvalue weighted by molar-refractivity contribution is -0.122. The summed E-state index contributed by atoms with van der Waals surface area (Å²) < 4.78 is 31.3. The third-order valence-corrected chi connectivity index (χ3v) is 5.33. The number of sulfonamides is 1. The van der Waals surface area contributed by atoms with Crippen molar-refractivity contribution in [1.82, 2.24) is 5.32 Å². The summed E-state index contributed by atoms with van der Waals surface area (Å²) in [4.78, 5) is 12.6. The fourth-order valence-electron chi connectivity index (χ4n) is 2.65. The van der Waals surface area contributed by atoms with Gasteiger partial charge >= 0.3 is 0 Å².